The average Bonchev–Trinajstić information content (AvgIpc) is 2.59. The van der Waals surface area contributed by atoms with Crippen molar-refractivity contribution < 1.29 is 31.9 Å². The Balaban J connectivity index is 1.94. The van der Waals surface area contributed by atoms with Gasteiger partial charge in [-0.1, -0.05) is 6.07 Å². The first-order valence-corrected chi connectivity index (χ1v) is 9.73. The standard InChI is InChI=1S/C18H16F2N2O5S/c19-10-3-6-15(14(20)7-10)28(26,27)22-11-4-1-9-2-5-12(18(24)25)16(17(21)23)13(9)8-11/h2-3,5-7,11,22H,1,4,8H2,(H2,21,23)(H,24,25). The molecule has 0 bridgehead atoms. The topological polar surface area (TPSA) is 127 Å². The minimum atomic E-state index is -4.29. The van der Waals surface area contributed by atoms with Crippen LogP contribution in [0.4, 0.5) is 8.78 Å². The van der Waals surface area contributed by atoms with Crippen LogP contribution in [0.25, 0.3) is 0 Å². The molecule has 10 heteroatoms. The van der Waals surface area contributed by atoms with Crippen LogP contribution in [0.3, 0.4) is 0 Å². The maximum atomic E-state index is 13.9. The van der Waals surface area contributed by atoms with E-state index in [1.54, 1.807) is 6.07 Å². The number of sulfonamides is 1. The predicted octanol–water partition coefficient (Wildman–Crippen LogP) is 1.60. The zero-order valence-corrected chi connectivity index (χ0v) is 15.2. The molecule has 1 atom stereocenters. The first-order chi connectivity index (χ1) is 13.1. The number of carboxylic acid groups (broad SMARTS) is 1. The number of rotatable bonds is 5. The smallest absolute Gasteiger partial charge is 0.336 e. The summed E-state index contributed by atoms with van der Waals surface area (Å²) in [5.74, 6) is -4.39. The molecule has 0 heterocycles. The van der Waals surface area contributed by atoms with Crippen LogP contribution in [-0.4, -0.2) is 31.4 Å². The number of halogens is 2. The Morgan fingerprint density at radius 1 is 1.18 bits per heavy atom. The molecule has 0 aromatic heterocycles. The van der Waals surface area contributed by atoms with E-state index >= 15 is 0 Å². The lowest BCUT2D eigenvalue weighted by Crippen LogP contribution is -2.40. The van der Waals surface area contributed by atoms with Gasteiger partial charge >= 0.3 is 5.97 Å². The Kier molecular flexibility index (Phi) is 5.18. The van der Waals surface area contributed by atoms with Crippen molar-refractivity contribution in [3.63, 3.8) is 0 Å². The van der Waals surface area contributed by atoms with Gasteiger partial charge in [-0.05, 0) is 48.6 Å². The molecule has 4 N–H and O–H groups in total. The summed E-state index contributed by atoms with van der Waals surface area (Å²) in [5.41, 5.74) is 5.97. The van der Waals surface area contributed by atoms with Crippen LogP contribution in [0.5, 0.6) is 0 Å². The molecule has 2 aromatic rings. The van der Waals surface area contributed by atoms with Crippen molar-refractivity contribution in [1.82, 2.24) is 4.72 Å². The van der Waals surface area contributed by atoms with Gasteiger partial charge in [-0.15, -0.1) is 0 Å². The number of carbonyl (C=O) groups excluding carboxylic acids is 1. The second-order valence-electron chi connectivity index (χ2n) is 6.43. The molecular formula is C18H16F2N2O5S. The lowest BCUT2D eigenvalue weighted by atomic mass is 9.83. The highest BCUT2D eigenvalue weighted by Gasteiger charge is 2.30. The summed E-state index contributed by atoms with van der Waals surface area (Å²) in [5, 5.41) is 9.28. The quantitative estimate of drug-likeness (QED) is 0.690. The third kappa shape index (κ3) is 3.73. The summed E-state index contributed by atoms with van der Waals surface area (Å²) in [4.78, 5) is 22.5. The number of primary amides is 1. The summed E-state index contributed by atoms with van der Waals surface area (Å²) in [6, 6.07) is 4.26. The monoisotopic (exact) mass is 410 g/mol. The van der Waals surface area contributed by atoms with Gasteiger partial charge < -0.3 is 10.8 Å². The molecule has 3 rings (SSSR count). The Morgan fingerprint density at radius 3 is 2.50 bits per heavy atom. The first-order valence-electron chi connectivity index (χ1n) is 8.25. The molecule has 1 unspecified atom stereocenters. The molecule has 0 radical (unpaired) electrons. The third-order valence-corrected chi connectivity index (χ3v) is 6.16. The lowest BCUT2D eigenvalue weighted by Gasteiger charge is -2.27. The highest BCUT2D eigenvalue weighted by molar-refractivity contribution is 7.89. The zero-order chi connectivity index (χ0) is 20.6. The summed E-state index contributed by atoms with van der Waals surface area (Å²) in [6.45, 7) is 0. The summed E-state index contributed by atoms with van der Waals surface area (Å²) >= 11 is 0. The summed E-state index contributed by atoms with van der Waals surface area (Å²) < 4.78 is 54.2. The van der Waals surface area contributed by atoms with Gasteiger partial charge in [0, 0.05) is 12.1 Å². The number of hydrogen-bond acceptors (Lipinski definition) is 4. The van der Waals surface area contributed by atoms with E-state index in [9.17, 15) is 31.9 Å². The van der Waals surface area contributed by atoms with E-state index in [-0.39, 0.29) is 17.5 Å². The number of nitrogens with one attached hydrogen (secondary N) is 1. The van der Waals surface area contributed by atoms with Crippen LogP contribution in [0.15, 0.2) is 35.2 Å². The molecule has 1 aliphatic rings. The molecule has 1 amide bonds. The fourth-order valence-electron chi connectivity index (χ4n) is 3.37. The molecule has 0 aliphatic heterocycles. The van der Waals surface area contributed by atoms with Crippen molar-refractivity contribution in [3.8, 4) is 0 Å². The molecule has 0 saturated heterocycles. The number of nitrogens with two attached hydrogens (primary N) is 1. The number of amides is 1. The van der Waals surface area contributed by atoms with E-state index in [0.29, 0.717) is 30.0 Å². The number of aromatic carboxylic acids is 1. The van der Waals surface area contributed by atoms with E-state index in [0.717, 1.165) is 12.1 Å². The molecule has 28 heavy (non-hydrogen) atoms. The van der Waals surface area contributed by atoms with Crippen molar-refractivity contribution in [1.29, 1.82) is 0 Å². The molecule has 148 valence electrons. The Hall–Kier alpha value is -2.85. The second kappa shape index (κ2) is 7.28. The maximum absolute atomic E-state index is 13.9. The van der Waals surface area contributed by atoms with Gasteiger partial charge in [-0.25, -0.2) is 26.7 Å². The summed E-state index contributed by atoms with van der Waals surface area (Å²) in [6.07, 6.45) is 0.727. The van der Waals surface area contributed by atoms with Gasteiger partial charge in [0.1, 0.15) is 16.5 Å². The van der Waals surface area contributed by atoms with E-state index in [4.69, 9.17) is 5.73 Å². The normalized spacial score (nSPS) is 16.4. The van der Waals surface area contributed by atoms with Gasteiger partial charge in [0.2, 0.25) is 15.9 Å². The number of benzene rings is 2. The van der Waals surface area contributed by atoms with Crippen molar-refractivity contribution in [2.24, 2.45) is 5.73 Å². The minimum Gasteiger partial charge on any atom is -0.478 e. The third-order valence-electron chi connectivity index (χ3n) is 4.60. The van der Waals surface area contributed by atoms with Gasteiger partial charge in [-0.2, -0.15) is 0 Å². The molecular weight excluding hydrogens is 394 g/mol. The predicted molar refractivity (Wildman–Crippen MR) is 94.4 cm³/mol. The van der Waals surface area contributed by atoms with E-state index in [1.165, 1.54) is 6.07 Å². The largest absolute Gasteiger partial charge is 0.478 e. The lowest BCUT2D eigenvalue weighted by molar-refractivity contribution is 0.0691. The SMILES string of the molecule is NC(=O)c1c(C(=O)O)ccc2c1CC(NS(=O)(=O)c1ccc(F)cc1F)CC2. The van der Waals surface area contributed by atoms with Crippen LogP contribution in [0.1, 0.15) is 38.3 Å². The number of fused-ring (bicyclic) bond motifs is 1. The first kappa shape index (κ1) is 19.9. The molecule has 7 nitrogen and oxygen atoms in total. The number of hydrogen-bond donors (Lipinski definition) is 3. The van der Waals surface area contributed by atoms with Gasteiger partial charge in [0.25, 0.3) is 0 Å². The maximum Gasteiger partial charge on any atom is 0.336 e. The molecule has 2 aromatic carbocycles. The Labute approximate surface area is 159 Å². The van der Waals surface area contributed by atoms with Crippen molar-refractivity contribution in [3.05, 3.63) is 64.2 Å². The Morgan fingerprint density at radius 2 is 1.89 bits per heavy atom. The Bertz CT molecular complexity index is 1090. The van der Waals surface area contributed by atoms with Crippen LogP contribution in [-0.2, 0) is 22.9 Å². The minimum absolute atomic E-state index is 0.0107. The van der Waals surface area contributed by atoms with Gasteiger partial charge in [0.15, 0.2) is 0 Å². The van der Waals surface area contributed by atoms with E-state index in [2.05, 4.69) is 4.72 Å². The van der Waals surface area contributed by atoms with Crippen LogP contribution >= 0.6 is 0 Å². The highest BCUT2D eigenvalue weighted by atomic mass is 32.2. The van der Waals surface area contributed by atoms with Crippen LogP contribution < -0.4 is 10.5 Å². The molecule has 1 aliphatic carbocycles. The number of carboxylic acids is 1. The van der Waals surface area contributed by atoms with E-state index in [1.807, 2.05) is 0 Å². The molecule has 0 saturated carbocycles. The fraction of sp³-hybridized carbons (Fsp3) is 0.222. The van der Waals surface area contributed by atoms with Crippen LogP contribution in [0.2, 0.25) is 0 Å². The highest BCUT2D eigenvalue weighted by Crippen LogP contribution is 2.28. The zero-order valence-electron chi connectivity index (χ0n) is 14.4. The van der Waals surface area contributed by atoms with Crippen molar-refractivity contribution in [2.75, 3.05) is 0 Å². The number of aryl methyl sites for hydroxylation is 1. The fourth-order valence-corrected chi connectivity index (χ4v) is 4.70. The number of carbonyl (C=O) groups is 2. The van der Waals surface area contributed by atoms with E-state index < -0.39 is 44.5 Å². The van der Waals surface area contributed by atoms with Crippen LogP contribution in [0, 0.1) is 11.6 Å². The van der Waals surface area contributed by atoms with Gasteiger partial charge in [-0.3, -0.25) is 4.79 Å². The van der Waals surface area contributed by atoms with Crippen molar-refractivity contribution >= 4 is 21.9 Å². The average molecular weight is 410 g/mol. The second-order valence-corrected chi connectivity index (χ2v) is 8.11. The molecule has 0 spiro atoms. The van der Waals surface area contributed by atoms with Gasteiger partial charge in [0.05, 0.1) is 11.1 Å². The molecule has 0 fully saturated rings. The summed E-state index contributed by atoms with van der Waals surface area (Å²) in [7, 11) is -4.29. The van der Waals surface area contributed by atoms with Crippen molar-refractivity contribution in [2.45, 2.75) is 30.2 Å².